The minimum Gasteiger partial charge on any atom is -0.425 e. The number of rotatable bonds is 16. The Morgan fingerprint density at radius 1 is 0.941 bits per heavy atom. The average molecular weight is 470 g/mol. The van der Waals surface area contributed by atoms with E-state index < -0.39 is 29.2 Å². The molecule has 0 heterocycles. The van der Waals surface area contributed by atoms with Crippen LogP contribution < -0.4 is 10.1 Å². The van der Waals surface area contributed by atoms with Gasteiger partial charge in [0.15, 0.2) is 0 Å². The Bertz CT molecular complexity index is 921. The molecule has 34 heavy (non-hydrogen) atoms. The smallest absolute Gasteiger partial charge is 0.334 e. The van der Waals surface area contributed by atoms with Gasteiger partial charge >= 0.3 is 5.97 Å². The van der Waals surface area contributed by atoms with Crippen molar-refractivity contribution in [2.24, 2.45) is 0 Å². The minimum absolute atomic E-state index is 0.114. The molecule has 2 rings (SSSR count). The molecule has 2 aromatic rings. The standard InChI is InChI=1S/C27H36N2O5/c1-2-3-4-5-6-7-8-9-13-16-26(30)28-25(21-22-14-11-10-12-15-22)27(31)34-24-19-17-23(18-20-24)29(32)33/h10-12,14-15,17-20,25H,2-9,13,16,21H2,1H3,(H,28,30)/t25-/m0/s1/i16D/t16?,25-. The van der Waals surface area contributed by atoms with Crippen LogP contribution in [0.2, 0.25) is 0 Å². The van der Waals surface area contributed by atoms with E-state index in [0.717, 1.165) is 24.8 Å². The van der Waals surface area contributed by atoms with Crippen molar-refractivity contribution in [3.63, 3.8) is 0 Å². The van der Waals surface area contributed by atoms with Crippen LogP contribution >= 0.6 is 0 Å². The number of carbonyl (C=O) groups is 2. The highest BCUT2D eigenvalue weighted by Crippen LogP contribution is 2.18. The molecule has 0 fully saturated rings. The van der Waals surface area contributed by atoms with Gasteiger partial charge in [-0.05, 0) is 24.1 Å². The van der Waals surface area contributed by atoms with Gasteiger partial charge in [-0.3, -0.25) is 14.9 Å². The molecule has 0 saturated carbocycles. The SMILES string of the molecule is [2H]C(CCCCCCCCCC)C(=O)N[C@@H](Cc1ccccc1)C(=O)Oc1ccc([N+](=O)[O-])cc1. The number of carbonyl (C=O) groups excluding carboxylic acids is 2. The van der Waals surface area contributed by atoms with E-state index in [0.29, 0.717) is 6.42 Å². The number of benzene rings is 2. The summed E-state index contributed by atoms with van der Waals surface area (Å²) < 4.78 is 13.6. The number of nitro groups is 1. The molecule has 0 aliphatic rings. The van der Waals surface area contributed by atoms with Gasteiger partial charge in [-0.15, -0.1) is 0 Å². The molecule has 2 aromatic carbocycles. The van der Waals surface area contributed by atoms with Crippen molar-refractivity contribution in [2.45, 2.75) is 83.6 Å². The van der Waals surface area contributed by atoms with Gasteiger partial charge in [-0.2, -0.15) is 0 Å². The van der Waals surface area contributed by atoms with Crippen molar-refractivity contribution in [1.82, 2.24) is 5.32 Å². The Kier molecular flexibility index (Phi) is 11.6. The van der Waals surface area contributed by atoms with Crippen LogP contribution in [0.3, 0.4) is 0 Å². The molecule has 1 amide bonds. The van der Waals surface area contributed by atoms with Gasteiger partial charge in [-0.25, -0.2) is 4.79 Å². The normalized spacial score (nSPS) is 12.9. The summed E-state index contributed by atoms with van der Waals surface area (Å²) in [6.45, 7) is 2.19. The monoisotopic (exact) mass is 469 g/mol. The first kappa shape index (κ1) is 25.4. The molecule has 0 radical (unpaired) electrons. The summed E-state index contributed by atoms with van der Waals surface area (Å²) in [7, 11) is 0. The number of non-ortho nitro benzene ring substituents is 1. The van der Waals surface area contributed by atoms with Crippen LogP contribution in [0, 0.1) is 10.1 Å². The zero-order valence-electron chi connectivity index (χ0n) is 20.9. The first-order chi connectivity index (χ1) is 16.9. The molecule has 0 aromatic heterocycles. The third-order valence-corrected chi connectivity index (χ3v) is 5.54. The zero-order chi connectivity index (χ0) is 25.5. The van der Waals surface area contributed by atoms with Gasteiger partial charge in [0.25, 0.3) is 5.69 Å². The zero-order valence-corrected chi connectivity index (χ0v) is 19.9. The molecular weight excluding hydrogens is 432 g/mol. The summed E-state index contributed by atoms with van der Waals surface area (Å²) in [5, 5.41) is 13.5. The second-order valence-corrected chi connectivity index (χ2v) is 8.39. The predicted molar refractivity (Wildman–Crippen MR) is 133 cm³/mol. The summed E-state index contributed by atoms with van der Waals surface area (Å²) >= 11 is 0. The molecular formula is C27H36N2O5. The van der Waals surface area contributed by atoms with Crippen LogP contribution in [-0.4, -0.2) is 22.8 Å². The second-order valence-electron chi connectivity index (χ2n) is 8.39. The third kappa shape index (κ3) is 10.6. The van der Waals surface area contributed by atoms with E-state index in [1.807, 2.05) is 30.3 Å². The fourth-order valence-electron chi connectivity index (χ4n) is 3.61. The maximum Gasteiger partial charge on any atom is 0.334 e. The van der Waals surface area contributed by atoms with Crippen LogP contribution in [0.15, 0.2) is 54.6 Å². The van der Waals surface area contributed by atoms with Crippen LogP contribution in [0.4, 0.5) is 5.69 Å². The number of hydrogen-bond acceptors (Lipinski definition) is 5. The van der Waals surface area contributed by atoms with Gasteiger partial charge < -0.3 is 10.1 Å². The molecule has 7 heteroatoms. The largest absolute Gasteiger partial charge is 0.425 e. The van der Waals surface area contributed by atoms with Crippen molar-refractivity contribution < 1.29 is 20.6 Å². The van der Waals surface area contributed by atoms with Crippen molar-refractivity contribution in [1.29, 1.82) is 0 Å². The number of esters is 1. The van der Waals surface area contributed by atoms with Gasteiger partial charge in [0, 0.05) is 26.3 Å². The fraction of sp³-hybridized carbons (Fsp3) is 0.481. The predicted octanol–water partition coefficient (Wildman–Crippen LogP) is 6.15. The molecule has 0 saturated heterocycles. The molecule has 1 unspecified atom stereocenters. The highest BCUT2D eigenvalue weighted by atomic mass is 16.6. The Morgan fingerprint density at radius 3 is 2.12 bits per heavy atom. The summed E-state index contributed by atoms with van der Waals surface area (Å²) in [5.41, 5.74) is 0.722. The number of nitrogens with one attached hydrogen (secondary N) is 1. The molecule has 1 N–H and O–H groups in total. The number of nitro benzene ring substituents is 1. The highest BCUT2D eigenvalue weighted by molar-refractivity contribution is 5.85. The fourth-order valence-corrected chi connectivity index (χ4v) is 3.61. The summed E-state index contributed by atoms with van der Waals surface area (Å²) in [4.78, 5) is 35.8. The molecule has 0 spiro atoms. The number of ether oxygens (including phenoxy) is 1. The van der Waals surface area contributed by atoms with Crippen LogP contribution in [0.1, 0.15) is 78.0 Å². The van der Waals surface area contributed by atoms with Crippen molar-refractivity contribution in [3.8, 4) is 5.75 Å². The number of unbranched alkanes of at least 4 members (excludes halogenated alkanes) is 7. The second kappa shape index (κ2) is 15.6. The maximum atomic E-state index is 12.9. The Labute approximate surface area is 203 Å². The van der Waals surface area contributed by atoms with Crippen molar-refractivity contribution in [3.05, 3.63) is 70.3 Å². The highest BCUT2D eigenvalue weighted by Gasteiger charge is 2.23. The Hall–Kier alpha value is -3.22. The maximum absolute atomic E-state index is 12.9. The van der Waals surface area contributed by atoms with E-state index in [-0.39, 0.29) is 17.9 Å². The van der Waals surface area contributed by atoms with Crippen LogP contribution in [0.5, 0.6) is 5.75 Å². The minimum atomic E-state index is -0.980. The summed E-state index contributed by atoms with van der Waals surface area (Å²) in [6.07, 6.45) is 8.76. The molecule has 0 aliphatic carbocycles. The quantitative estimate of drug-likeness (QED) is 0.105. The lowest BCUT2D eigenvalue weighted by molar-refractivity contribution is -0.384. The third-order valence-electron chi connectivity index (χ3n) is 5.54. The van der Waals surface area contributed by atoms with E-state index in [1.165, 1.54) is 56.4 Å². The van der Waals surface area contributed by atoms with E-state index in [1.54, 1.807) is 0 Å². The topological polar surface area (TPSA) is 98.5 Å². The van der Waals surface area contributed by atoms with Gasteiger partial charge in [0.05, 0.1) is 4.92 Å². The van der Waals surface area contributed by atoms with Gasteiger partial charge in [0.1, 0.15) is 11.8 Å². The first-order valence-electron chi connectivity index (χ1n) is 12.7. The molecule has 0 aliphatic heterocycles. The van der Waals surface area contributed by atoms with Gasteiger partial charge in [0.2, 0.25) is 5.91 Å². The Morgan fingerprint density at radius 2 is 1.53 bits per heavy atom. The van der Waals surface area contributed by atoms with E-state index in [2.05, 4.69) is 12.2 Å². The van der Waals surface area contributed by atoms with E-state index in [4.69, 9.17) is 6.11 Å². The van der Waals surface area contributed by atoms with Crippen LogP contribution in [-0.2, 0) is 16.0 Å². The van der Waals surface area contributed by atoms with E-state index >= 15 is 0 Å². The number of amides is 1. The molecule has 7 nitrogen and oxygen atoms in total. The van der Waals surface area contributed by atoms with Crippen LogP contribution in [0.25, 0.3) is 0 Å². The Balaban J connectivity index is 1.90. The number of nitrogens with zero attached hydrogens (tertiary/aromatic N) is 1. The summed E-state index contributed by atoms with van der Waals surface area (Å²) in [5.74, 6) is -1.04. The van der Waals surface area contributed by atoms with Gasteiger partial charge in [-0.1, -0.05) is 88.6 Å². The first-order valence-corrected chi connectivity index (χ1v) is 12.1. The lowest BCUT2D eigenvalue weighted by atomic mass is 10.0. The lowest BCUT2D eigenvalue weighted by Gasteiger charge is -2.18. The lowest BCUT2D eigenvalue weighted by Crippen LogP contribution is -2.44. The summed E-state index contributed by atoms with van der Waals surface area (Å²) in [6, 6.07) is 13.4. The molecule has 2 atom stereocenters. The average Bonchev–Trinajstić information content (AvgIpc) is 2.86. The van der Waals surface area contributed by atoms with E-state index in [9.17, 15) is 19.7 Å². The molecule has 0 bridgehead atoms. The van der Waals surface area contributed by atoms with Crippen molar-refractivity contribution in [2.75, 3.05) is 0 Å². The number of hydrogen-bond donors (Lipinski definition) is 1. The molecule has 184 valence electrons. The van der Waals surface area contributed by atoms with Crippen molar-refractivity contribution >= 4 is 17.6 Å².